The highest BCUT2D eigenvalue weighted by Crippen LogP contribution is 2.38. The Bertz CT molecular complexity index is 1660. The zero-order valence-electron chi connectivity index (χ0n) is 22.8. The Morgan fingerprint density at radius 1 is 1.00 bits per heavy atom. The van der Waals surface area contributed by atoms with Crippen LogP contribution in [0.5, 0.6) is 11.5 Å². The summed E-state index contributed by atoms with van der Waals surface area (Å²) in [5, 5.41) is 12.4. The molecule has 1 atom stereocenters. The van der Waals surface area contributed by atoms with E-state index in [0.29, 0.717) is 19.6 Å². The van der Waals surface area contributed by atoms with Crippen molar-refractivity contribution >= 4 is 37.2 Å². The quantitative estimate of drug-likeness (QED) is 0.147. The van der Waals surface area contributed by atoms with Crippen LogP contribution >= 0.6 is 11.3 Å². The monoisotopic (exact) mass is 576 g/mol. The second-order valence-corrected chi connectivity index (χ2v) is 12.9. The topological polar surface area (TPSA) is 89.9 Å². The van der Waals surface area contributed by atoms with Crippen LogP contribution in [0.25, 0.3) is 21.2 Å². The second kappa shape index (κ2) is 13.0. The van der Waals surface area contributed by atoms with E-state index in [1.54, 1.807) is 18.3 Å². The zero-order valence-corrected chi connectivity index (χ0v) is 24.4. The van der Waals surface area contributed by atoms with Crippen LogP contribution in [0.1, 0.15) is 42.4 Å². The van der Waals surface area contributed by atoms with Gasteiger partial charge in [0.1, 0.15) is 27.9 Å². The number of fused-ring (bicyclic) bond motifs is 1. The molecule has 0 radical (unpaired) electrons. The predicted molar refractivity (Wildman–Crippen MR) is 161 cm³/mol. The van der Waals surface area contributed by atoms with E-state index in [4.69, 9.17) is 14.6 Å². The first kappa shape index (κ1) is 29.2. The number of carbonyl (C=O) groups is 1. The maximum absolute atomic E-state index is 11.3. The zero-order chi connectivity index (χ0) is 28.7. The molecule has 1 unspecified atom stereocenters. The molecule has 8 heteroatoms. The van der Waals surface area contributed by atoms with Crippen LogP contribution in [-0.2, 0) is 21.2 Å². The van der Waals surface area contributed by atoms with Gasteiger partial charge in [0.05, 0.1) is 24.7 Å². The third-order valence-corrected chi connectivity index (χ3v) is 8.44. The fraction of sp³-hybridized carbons (Fsp3) is 0.281. The van der Waals surface area contributed by atoms with E-state index in [0.717, 1.165) is 49.4 Å². The number of sulfone groups is 1. The van der Waals surface area contributed by atoms with Crippen molar-refractivity contribution in [3.8, 4) is 34.5 Å². The van der Waals surface area contributed by atoms with Gasteiger partial charge in [-0.25, -0.2) is 8.42 Å². The first-order valence-corrected chi connectivity index (χ1v) is 15.9. The van der Waals surface area contributed by atoms with Gasteiger partial charge in [-0.15, -0.1) is 17.3 Å². The summed E-state index contributed by atoms with van der Waals surface area (Å²) in [7, 11) is -2.99. The minimum Gasteiger partial charge on any atom is -0.494 e. The smallest absolute Gasteiger partial charge is 0.304 e. The van der Waals surface area contributed by atoms with Crippen LogP contribution < -0.4 is 9.47 Å². The highest BCUT2D eigenvalue weighted by atomic mass is 32.2. The van der Waals surface area contributed by atoms with Crippen molar-refractivity contribution in [1.29, 1.82) is 0 Å². The van der Waals surface area contributed by atoms with E-state index in [1.807, 2.05) is 55.5 Å². The molecule has 0 fully saturated rings. The van der Waals surface area contributed by atoms with Gasteiger partial charge in [0.15, 0.2) is 0 Å². The van der Waals surface area contributed by atoms with Gasteiger partial charge in [0, 0.05) is 21.9 Å². The number of aliphatic carboxylic acids is 1. The molecular weight excluding hydrogens is 544 g/mol. The van der Waals surface area contributed by atoms with Gasteiger partial charge in [0.25, 0.3) is 0 Å². The number of aryl methyl sites for hydroxylation is 1. The molecule has 1 heterocycles. The van der Waals surface area contributed by atoms with Gasteiger partial charge >= 0.3 is 5.97 Å². The summed E-state index contributed by atoms with van der Waals surface area (Å²) in [6.45, 7) is 4.50. The van der Waals surface area contributed by atoms with E-state index in [-0.39, 0.29) is 18.1 Å². The number of hydrogen-bond donors (Lipinski definition) is 1. The largest absolute Gasteiger partial charge is 0.494 e. The molecule has 40 heavy (non-hydrogen) atoms. The molecule has 0 aliphatic carbocycles. The first-order valence-electron chi connectivity index (χ1n) is 12.9. The van der Waals surface area contributed by atoms with Crippen LogP contribution in [0.3, 0.4) is 0 Å². The number of thiophene rings is 1. The highest BCUT2D eigenvalue weighted by molar-refractivity contribution is 7.90. The van der Waals surface area contributed by atoms with Crippen LogP contribution in [0.15, 0.2) is 66.0 Å². The second-order valence-electron chi connectivity index (χ2n) is 9.69. The lowest BCUT2D eigenvalue weighted by atomic mass is 9.95. The van der Waals surface area contributed by atoms with Gasteiger partial charge in [-0.3, -0.25) is 4.79 Å². The van der Waals surface area contributed by atoms with Crippen molar-refractivity contribution < 1.29 is 27.8 Å². The minimum atomic E-state index is -2.99. The minimum absolute atomic E-state index is 0.0275. The lowest BCUT2D eigenvalue weighted by molar-refractivity contribution is -0.137. The van der Waals surface area contributed by atoms with Crippen molar-refractivity contribution in [1.82, 2.24) is 0 Å². The molecule has 208 valence electrons. The molecule has 1 aromatic heterocycles. The summed E-state index contributed by atoms with van der Waals surface area (Å²) in [4.78, 5) is 11.2. The fourth-order valence-electron chi connectivity index (χ4n) is 4.46. The molecular formula is C32H32O6S2. The third kappa shape index (κ3) is 7.87. The molecule has 0 aliphatic heterocycles. The van der Waals surface area contributed by atoms with Gasteiger partial charge in [0.2, 0.25) is 0 Å². The third-order valence-electron chi connectivity index (χ3n) is 6.45. The van der Waals surface area contributed by atoms with E-state index >= 15 is 0 Å². The summed E-state index contributed by atoms with van der Waals surface area (Å²) in [5.74, 6) is 6.19. The Morgan fingerprint density at radius 2 is 1.73 bits per heavy atom. The van der Waals surface area contributed by atoms with Crippen molar-refractivity contribution in [3.63, 3.8) is 0 Å². The maximum atomic E-state index is 11.3. The molecule has 0 saturated heterocycles. The Balaban J connectivity index is 1.44. The van der Waals surface area contributed by atoms with Crippen LogP contribution in [-0.4, -0.2) is 38.1 Å². The van der Waals surface area contributed by atoms with Crippen molar-refractivity contribution in [2.45, 2.75) is 39.2 Å². The number of hydrogen-bond acceptors (Lipinski definition) is 6. The number of rotatable bonds is 12. The fourth-order valence-corrected chi connectivity index (χ4v) is 6.04. The SMILES string of the molecule is CC#CC(CC(=O)O)c1ccc(COc2ccc3scc(-c4ccc(OCCCS(C)(=O)=O)cc4C)c3c2)cc1. The molecule has 4 rings (SSSR count). The van der Waals surface area contributed by atoms with Crippen molar-refractivity contribution in [2.24, 2.45) is 0 Å². The molecule has 0 amide bonds. The molecule has 1 N–H and O–H groups in total. The lowest BCUT2D eigenvalue weighted by Gasteiger charge is -2.12. The average molecular weight is 577 g/mol. The van der Waals surface area contributed by atoms with E-state index in [9.17, 15) is 13.2 Å². The van der Waals surface area contributed by atoms with E-state index in [1.165, 1.54) is 6.26 Å². The number of benzene rings is 3. The summed E-state index contributed by atoms with van der Waals surface area (Å²) in [6.07, 6.45) is 1.66. The number of carboxylic acid groups (broad SMARTS) is 1. The number of carboxylic acids is 1. The standard InChI is InChI=1S/C32H32O6S2/c1-4-6-25(18-32(33)34)24-9-7-23(8-10-24)20-38-27-12-14-31-29(19-27)30(21-39-31)28-13-11-26(17-22(28)2)37-15-5-16-40(3,35)36/h7-14,17,19,21,25H,5,15-16,18,20H2,1-3H3,(H,33,34). The summed E-state index contributed by atoms with van der Waals surface area (Å²) < 4.78 is 35.7. The molecule has 0 bridgehead atoms. The summed E-state index contributed by atoms with van der Waals surface area (Å²) in [5.41, 5.74) is 5.16. The molecule has 0 aliphatic rings. The molecule has 0 spiro atoms. The normalized spacial score (nSPS) is 12.0. The highest BCUT2D eigenvalue weighted by Gasteiger charge is 2.14. The van der Waals surface area contributed by atoms with Gasteiger partial charge in [-0.2, -0.15) is 0 Å². The number of ether oxygens (including phenoxy) is 2. The van der Waals surface area contributed by atoms with Crippen molar-refractivity contribution in [3.05, 3.63) is 82.7 Å². The average Bonchev–Trinajstić information content (AvgIpc) is 3.32. The first-order chi connectivity index (χ1) is 19.1. The molecule has 0 saturated carbocycles. The van der Waals surface area contributed by atoms with Gasteiger partial charge < -0.3 is 14.6 Å². The summed E-state index contributed by atoms with van der Waals surface area (Å²) >= 11 is 1.68. The Labute approximate surface area is 239 Å². The summed E-state index contributed by atoms with van der Waals surface area (Å²) in [6, 6.07) is 19.8. The van der Waals surface area contributed by atoms with Crippen LogP contribution in [0.2, 0.25) is 0 Å². The van der Waals surface area contributed by atoms with Crippen LogP contribution in [0, 0.1) is 18.8 Å². The Morgan fingerprint density at radius 3 is 2.40 bits per heavy atom. The van der Waals surface area contributed by atoms with Gasteiger partial charge in [-0.05, 0) is 78.2 Å². The Kier molecular flexibility index (Phi) is 9.51. The van der Waals surface area contributed by atoms with E-state index in [2.05, 4.69) is 29.4 Å². The molecule has 3 aromatic carbocycles. The van der Waals surface area contributed by atoms with E-state index < -0.39 is 15.8 Å². The van der Waals surface area contributed by atoms with Crippen LogP contribution in [0.4, 0.5) is 0 Å². The predicted octanol–water partition coefficient (Wildman–Crippen LogP) is 6.85. The molecule has 6 nitrogen and oxygen atoms in total. The Hall–Kier alpha value is -3.80. The maximum Gasteiger partial charge on any atom is 0.304 e. The van der Waals surface area contributed by atoms with Gasteiger partial charge in [-0.1, -0.05) is 36.3 Å². The van der Waals surface area contributed by atoms with Crippen molar-refractivity contribution in [2.75, 3.05) is 18.6 Å². The molecule has 4 aromatic rings. The lowest BCUT2D eigenvalue weighted by Crippen LogP contribution is -2.08.